The molecule has 23 heavy (non-hydrogen) atoms. The Bertz CT molecular complexity index is 402. The standard InChI is InChI=1S/C12H16O.C6H14O2.C2H4/c1-12(2,3)8-10-5-4-6-11(7-10)9-13;1-4-7-6(3)8-5-2;1-2/h4-7,9H,8H2,1-3H3;6H,4-5H2,1-3H3;1-2H2. The van der Waals surface area contributed by atoms with Gasteiger partial charge in [-0.25, -0.2) is 0 Å². The van der Waals surface area contributed by atoms with Gasteiger partial charge in [0.2, 0.25) is 0 Å². The van der Waals surface area contributed by atoms with Crippen LogP contribution < -0.4 is 0 Å². The predicted octanol–water partition coefficient (Wildman–Crippen LogP) is 5.30. The van der Waals surface area contributed by atoms with E-state index in [2.05, 4.69) is 40.0 Å². The first-order valence-corrected chi connectivity index (χ1v) is 8.09. The highest BCUT2D eigenvalue weighted by molar-refractivity contribution is 5.74. The lowest BCUT2D eigenvalue weighted by molar-refractivity contribution is -0.123. The fraction of sp³-hybridized carbons (Fsp3) is 0.550. The summed E-state index contributed by atoms with van der Waals surface area (Å²) in [6.07, 6.45) is 1.87. The molecular formula is C20H34O3. The fourth-order valence-corrected chi connectivity index (χ4v) is 1.91. The Kier molecular flexibility index (Phi) is 14.7. The van der Waals surface area contributed by atoms with Crippen LogP contribution in [0.2, 0.25) is 0 Å². The summed E-state index contributed by atoms with van der Waals surface area (Å²) in [6, 6.07) is 7.79. The first-order valence-electron chi connectivity index (χ1n) is 8.09. The van der Waals surface area contributed by atoms with E-state index in [9.17, 15) is 4.79 Å². The second kappa shape index (κ2) is 14.2. The molecule has 0 aromatic heterocycles. The van der Waals surface area contributed by atoms with Gasteiger partial charge in [0.25, 0.3) is 0 Å². The summed E-state index contributed by atoms with van der Waals surface area (Å²) in [4.78, 5) is 10.5. The number of carbonyl (C=O) groups excluding carboxylic acids is 1. The van der Waals surface area contributed by atoms with Crippen LogP contribution in [0.5, 0.6) is 0 Å². The first kappa shape index (κ1) is 23.8. The molecule has 3 nitrogen and oxygen atoms in total. The molecule has 0 aliphatic heterocycles. The number of rotatable bonds is 6. The van der Waals surface area contributed by atoms with Crippen molar-refractivity contribution in [1.29, 1.82) is 0 Å². The van der Waals surface area contributed by atoms with E-state index in [1.165, 1.54) is 5.56 Å². The van der Waals surface area contributed by atoms with Gasteiger partial charge in [0.05, 0.1) is 0 Å². The normalized spacial score (nSPS) is 10.2. The van der Waals surface area contributed by atoms with Crippen molar-refractivity contribution < 1.29 is 14.3 Å². The topological polar surface area (TPSA) is 35.5 Å². The van der Waals surface area contributed by atoms with Gasteiger partial charge in [-0.1, -0.05) is 39.0 Å². The molecule has 0 radical (unpaired) electrons. The van der Waals surface area contributed by atoms with E-state index in [1.54, 1.807) is 0 Å². The molecule has 0 fully saturated rings. The lowest BCUT2D eigenvalue weighted by Crippen LogP contribution is -2.11. The van der Waals surface area contributed by atoms with Crippen LogP contribution in [0, 0.1) is 5.41 Å². The summed E-state index contributed by atoms with van der Waals surface area (Å²) in [6.45, 7) is 19.8. The number of hydrogen-bond acceptors (Lipinski definition) is 3. The van der Waals surface area contributed by atoms with E-state index in [-0.39, 0.29) is 11.7 Å². The van der Waals surface area contributed by atoms with Crippen LogP contribution in [0.3, 0.4) is 0 Å². The molecule has 1 rings (SSSR count). The maximum Gasteiger partial charge on any atom is 0.154 e. The summed E-state index contributed by atoms with van der Waals surface area (Å²) < 4.78 is 10.1. The number of ether oxygens (including phenoxy) is 2. The second-order valence-electron chi connectivity index (χ2n) is 6.08. The zero-order chi connectivity index (χ0) is 18.3. The van der Waals surface area contributed by atoms with Crippen LogP contribution in [0.4, 0.5) is 0 Å². The van der Waals surface area contributed by atoms with Gasteiger partial charge in [-0.15, -0.1) is 13.2 Å². The number of benzene rings is 1. The van der Waals surface area contributed by atoms with Crippen molar-refractivity contribution in [3.8, 4) is 0 Å². The lowest BCUT2D eigenvalue weighted by atomic mass is 9.88. The van der Waals surface area contributed by atoms with Gasteiger partial charge in [-0.05, 0) is 44.2 Å². The molecule has 0 aliphatic carbocycles. The number of hydrogen-bond donors (Lipinski definition) is 0. The smallest absolute Gasteiger partial charge is 0.154 e. The van der Waals surface area contributed by atoms with Crippen molar-refractivity contribution in [3.63, 3.8) is 0 Å². The van der Waals surface area contributed by atoms with E-state index in [4.69, 9.17) is 9.47 Å². The van der Waals surface area contributed by atoms with Crippen molar-refractivity contribution in [2.24, 2.45) is 5.41 Å². The van der Waals surface area contributed by atoms with E-state index < -0.39 is 0 Å². The monoisotopic (exact) mass is 322 g/mol. The summed E-state index contributed by atoms with van der Waals surface area (Å²) in [5.74, 6) is 0. The molecule has 0 spiro atoms. The molecule has 0 amide bonds. The van der Waals surface area contributed by atoms with Gasteiger partial charge in [-0.2, -0.15) is 0 Å². The average molecular weight is 322 g/mol. The molecule has 0 saturated carbocycles. The highest BCUT2D eigenvalue weighted by Gasteiger charge is 2.10. The van der Waals surface area contributed by atoms with Crippen LogP contribution in [-0.4, -0.2) is 25.8 Å². The van der Waals surface area contributed by atoms with Gasteiger partial charge in [0.1, 0.15) is 6.29 Å². The Morgan fingerprint density at radius 2 is 1.65 bits per heavy atom. The van der Waals surface area contributed by atoms with Crippen molar-refractivity contribution in [2.45, 2.75) is 54.3 Å². The molecule has 1 aromatic rings. The molecule has 132 valence electrons. The van der Waals surface area contributed by atoms with Gasteiger partial charge in [-0.3, -0.25) is 4.79 Å². The minimum Gasteiger partial charge on any atom is -0.353 e. The predicted molar refractivity (Wildman–Crippen MR) is 99.0 cm³/mol. The largest absolute Gasteiger partial charge is 0.353 e. The van der Waals surface area contributed by atoms with Gasteiger partial charge in [0, 0.05) is 18.8 Å². The zero-order valence-corrected chi connectivity index (χ0v) is 15.7. The van der Waals surface area contributed by atoms with E-state index in [1.807, 2.05) is 39.0 Å². The van der Waals surface area contributed by atoms with Gasteiger partial charge >= 0.3 is 0 Å². The van der Waals surface area contributed by atoms with E-state index >= 15 is 0 Å². The molecular weight excluding hydrogens is 288 g/mol. The van der Waals surface area contributed by atoms with Crippen molar-refractivity contribution in [1.82, 2.24) is 0 Å². The summed E-state index contributed by atoms with van der Waals surface area (Å²) in [5, 5.41) is 0. The third-order valence-electron chi connectivity index (χ3n) is 2.62. The summed E-state index contributed by atoms with van der Waals surface area (Å²) >= 11 is 0. The van der Waals surface area contributed by atoms with Crippen LogP contribution in [-0.2, 0) is 15.9 Å². The molecule has 0 aliphatic rings. The van der Waals surface area contributed by atoms with Crippen LogP contribution in [0.25, 0.3) is 0 Å². The average Bonchev–Trinajstić information content (AvgIpc) is 2.49. The number of aldehydes is 1. The Hall–Kier alpha value is -1.45. The van der Waals surface area contributed by atoms with E-state index in [0.29, 0.717) is 0 Å². The second-order valence-corrected chi connectivity index (χ2v) is 6.08. The van der Waals surface area contributed by atoms with Crippen LogP contribution >= 0.6 is 0 Å². The molecule has 1 aromatic carbocycles. The molecule has 0 heterocycles. The Morgan fingerprint density at radius 1 is 1.13 bits per heavy atom. The van der Waals surface area contributed by atoms with Crippen molar-refractivity contribution >= 4 is 6.29 Å². The van der Waals surface area contributed by atoms with E-state index in [0.717, 1.165) is 31.5 Å². The van der Waals surface area contributed by atoms with Crippen LogP contribution in [0.15, 0.2) is 37.4 Å². The molecule has 0 N–H and O–H groups in total. The maximum absolute atomic E-state index is 10.5. The highest BCUT2D eigenvalue weighted by atomic mass is 16.7. The molecule has 0 saturated heterocycles. The molecule has 0 bridgehead atoms. The Morgan fingerprint density at radius 3 is 2.04 bits per heavy atom. The van der Waals surface area contributed by atoms with Gasteiger partial charge < -0.3 is 9.47 Å². The highest BCUT2D eigenvalue weighted by Crippen LogP contribution is 2.20. The quantitative estimate of drug-likeness (QED) is 0.405. The van der Waals surface area contributed by atoms with Crippen LogP contribution in [0.1, 0.15) is 57.5 Å². The Balaban J connectivity index is 0. The minimum absolute atomic E-state index is 0.0370. The lowest BCUT2D eigenvalue weighted by Gasteiger charge is -2.17. The molecule has 0 atom stereocenters. The molecule has 0 unspecified atom stereocenters. The third kappa shape index (κ3) is 15.2. The summed E-state index contributed by atoms with van der Waals surface area (Å²) in [5.41, 5.74) is 2.28. The maximum atomic E-state index is 10.5. The molecule has 3 heteroatoms. The minimum atomic E-state index is -0.0370. The van der Waals surface area contributed by atoms with Crippen molar-refractivity contribution in [2.75, 3.05) is 13.2 Å². The zero-order valence-electron chi connectivity index (χ0n) is 15.7. The van der Waals surface area contributed by atoms with Gasteiger partial charge in [0.15, 0.2) is 6.29 Å². The number of carbonyl (C=O) groups is 1. The summed E-state index contributed by atoms with van der Waals surface area (Å²) in [7, 11) is 0. The third-order valence-corrected chi connectivity index (χ3v) is 2.62. The Labute approximate surface area is 142 Å². The first-order chi connectivity index (χ1) is 10.8. The SMILES string of the molecule is C=C.CC(C)(C)Cc1cccc(C=O)c1.CCOC(C)OCC. The fourth-order valence-electron chi connectivity index (χ4n) is 1.91. The van der Waals surface area contributed by atoms with Crippen molar-refractivity contribution in [3.05, 3.63) is 48.6 Å².